The fraction of sp³-hybridized carbons (Fsp3) is 0.667. The van der Waals surface area contributed by atoms with Crippen molar-refractivity contribution >= 4 is 10.0 Å². The van der Waals surface area contributed by atoms with Crippen molar-refractivity contribution in [3.05, 3.63) is 18.2 Å². The lowest BCUT2D eigenvalue weighted by Gasteiger charge is -2.16. The van der Waals surface area contributed by atoms with Gasteiger partial charge in [-0.15, -0.1) is 0 Å². The van der Waals surface area contributed by atoms with Crippen LogP contribution < -0.4 is 0 Å². The van der Waals surface area contributed by atoms with Gasteiger partial charge in [-0.1, -0.05) is 0 Å². The molecule has 1 aliphatic rings. The highest BCUT2D eigenvalue weighted by Gasteiger charge is 2.38. The number of sulfonamides is 1. The SMILES string of the molecule is CN(Cc1nccn1C)S(=O)(=O)C1CC1. The van der Waals surface area contributed by atoms with Crippen molar-refractivity contribution in [2.45, 2.75) is 24.6 Å². The lowest BCUT2D eigenvalue weighted by atomic mass is 10.6. The molecule has 15 heavy (non-hydrogen) atoms. The molecule has 5 nitrogen and oxygen atoms in total. The van der Waals surface area contributed by atoms with Gasteiger partial charge in [-0.25, -0.2) is 13.4 Å². The molecule has 1 aromatic rings. The molecule has 0 bridgehead atoms. The summed E-state index contributed by atoms with van der Waals surface area (Å²) in [4.78, 5) is 4.11. The summed E-state index contributed by atoms with van der Waals surface area (Å²) in [6, 6.07) is 0. The third kappa shape index (κ3) is 2.05. The zero-order valence-electron chi connectivity index (χ0n) is 8.92. The summed E-state index contributed by atoms with van der Waals surface area (Å²) in [7, 11) is 0.396. The van der Waals surface area contributed by atoms with Gasteiger partial charge in [0.2, 0.25) is 10.0 Å². The lowest BCUT2D eigenvalue weighted by molar-refractivity contribution is 0.450. The number of nitrogens with zero attached hydrogens (tertiary/aromatic N) is 3. The van der Waals surface area contributed by atoms with Crippen LogP contribution in [0.3, 0.4) is 0 Å². The number of rotatable bonds is 4. The molecular formula is C9H15N3O2S. The van der Waals surface area contributed by atoms with Gasteiger partial charge in [0.1, 0.15) is 5.82 Å². The maximum absolute atomic E-state index is 11.8. The Morgan fingerprint density at radius 3 is 2.73 bits per heavy atom. The van der Waals surface area contributed by atoms with E-state index in [9.17, 15) is 8.42 Å². The molecule has 1 aliphatic carbocycles. The van der Waals surface area contributed by atoms with E-state index in [0.29, 0.717) is 6.54 Å². The van der Waals surface area contributed by atoms with Crippen molar-refractivity contribution in [2.75, 3.05) is 7.05 Å². The summed E-state index contributed by atoms with van der Waals surface area (Å²) in [6.45, 7) is 0.350. The molecule has 1 saturated carbocycles. The van der Waals surface area contributed by atoms with Gasteiger partial charge in [0.05, 0.1) is 11.8 Å². The Labute approximate surface area is 89.8 Å². The maximum atomic E-state index is 11.8. The van der Waals surface area contributed by atoms with Crippen LogP contribution in [-0.4, -0.2) is 34.6 Å². The first-order valence-corrected chi connectivity index (χ1v) is 6.43. The molecular weight excluding hydrogens is 214 g/mol. The number of hydrogen-bond donors (Lipinski definition) is 0. The van der Waals surface area contributed by atoms with Gasteiger partial charge in [0.25, 0.3) is 0 Å². The van der Waals surface area contributed by atoms with E-state index in [1.807, 2.05) is 17.8 Å². The Kier molecular flexibility index (Phi) is 2.56. The number of hydrogen-bond acceptors (Lipinski definition) is 3. The van der Waals surface area contributed by atoms with Gasteiger partial charge in [0.15, 0.2) is 0 Å². The lowest BCUT2D eigenvalue weighted by Crippen LogP contribution is -2.30. The molecule has 0 radical (unpaired) electrons. The van der Waals surface area contributed by atoms with Crippen LogP contribution >= 0.6 is 0 Å². The van der Waals surface area contributed by atoms with Crippen LogP contribution in [0.5, 0.6) is 0 Å². The van der Waals surface area contributed by atoms with Crippen molar-refractivity contribution in [3.63, 3.8) is 0 Å². The van der Waals surface area contributed by atoms with E-state index in [2.05, 4.69) is 4.98 Å². The van der Waals surface area contributed by atoms with Crippen molar-refractivity contribution < 1.29 is 8.42 Å². The van der Waals surface area contributed by atoms with Crippen molar-refractivity contribution in [3.8, 4) is 0 Å². The second kappa shape index (κ2) is 3.61. The fourth-order valence-corrected chi connectivity index (χ4v) is 2.99. The summed E-state index contributed by atoms with van der Waals surface area (Å²) >= 11 is 0. The standard InChI is InChI=1S/C9H15N3O2S/c1-11-6-5-10-9(11)7-12(2)15(13,14)8-3-4-8/h5-6,8H,3-4,7H2,1-2H3. The van der Waals surface area contributed by atoms with Crippen molar-refractivity contribution in [2.24, 2.45) is 7.05 Å². The Hall–Kier alpha value is -0.880. The third-order valence-electron chi connectivity index (χ3n) is 2.67. The molecule has 0 aromatic carbocycles. The van der Waals surface area contributed by atoms with Gasteiger partial charge >= 0.3 is 0 Å². The topological polar surface area (TPSA) is 55.2 Å². The van der Waals surface area contributed by atoms with E-state index in [4.69, 9.17) is 0 Å². The molecule has 0 N–H and O–H groups in total. The molecule has 0 aliphatic heterocycles. The van der Waals surface area contributed by atoms with E-state index in [0.717, 1.165) is 18.7 Å². The van der Waals surface area contributed by atoms with Gasteiger partial charge in [-0.05, 0) is 12.8 Å². The molecule has 1 heterocycles. The van der Waals surface area contributed by atoms with Gasteiger partial charge in [-0.2, -0.15) is 4.31 Å². The Balaban J connectivity index is 2.10. The Bertz CT molecular complexity index is 448. The first kappa shape index (κ1) is 10.6. The molecule has 2 rings (SSSR count). The zero-order chi connectivity index (χ0) is 11.1. The minimum Gasteiger partial charge on any atom is -0.337 e. The van der Waals surface area contributed by atoms with Gasteiger partial charge in [0, 0.05) is 26.5 Å². The Morgan fingerprint density at radius 1 is 1.60 bits per heavy atom. The molecule has 84 valence electrons. The molecule has 0 amide bonds. The summed E-state index contributed by atoms with van der Waals surface area (Å²) < 4.78 is 26.9. The van der Waals surface area contributed by atoms with E-state index >= 15 is 0 Å². The van der Waals surface area contributed by atoms with Crippen LogP contribution in [-0.2, 0) is 23.6 Å². The van der Waals surface area contributed by atoms with Gasteiger partial charge in [-0.3, -0.25) is 0 Å². The number of aryl methyl sites for hydroxylation is 1. The first-order valence-electron chi connectivity index (χ1n) is 4.93. The van der Waals surface area contributed by atoms with E-state index in [-0.39, 0.29) is 5.25 Å². The van der Waals surface area contributed by atoms with E-state index in [1.165, 1.54) is 4.31 Å². The predicted octanol–water partition coefficient (Wildman–Crippen LogP) is 0.344. The Morgan fingerprint density at radius 2 is 2.27 bits per heavy atom. The molecule has 0 atom stereocenters. The van der Waals surface area contributed by atoms with Crippen LogP contribution in [0.1, 0.15) is 18.7 Å². The highest BCUT2D eigenvalue weighted by Crippen LogP contribution is 2.30. The normalized spacial score (nSPS) is 17.3. The zero-order valence-corrected chi connectivity index (χ0v) is 9.74. The highest BCUT2D eigenvalue weighted by atomic mass is 32.2. The summed E-state index contributed by atoms with van der Waals surface area (Å²) in [5, 5.41) is -0.150. The quantitative estimate of drug-likeness (QED) is 0.748. The average Bonchev–Trinajstić information content (AvgIpc) is 2.94. The molecule has 1 fully saturated rings. The van der Waals surface area contributed by atoms with Crippen molar-refractivity contribution in [1.29, 1.82) is 0 Å². The second-order valence-electron chi connectivity index (χ2n) is 3.95. The van der Waals surface area contributed by atoms with Crippen LogP contribution in [0.4, 0.5) is 0 Å². The summed E-state index contributed by atoms with van der Waals surface area (Å²) in [5.74, 6) is 0.765. The molecule has 6 heteroatoms. The minimum absolute atomic E-state index is 0.150. The summed E-state index contributed by atoms with van der Waals surface area (Å²) in [5.41, 5.74) is 0. The first-order chi connectivity index (χ1) is 7.01. The largest absolute Gasteiger partial charge is 0.337 e. The predicted molar refractivity (Wildman–Crippen MR) is 56.6 cm³/mol. The molecule has 0 unspecified atom stereocenters. The molecule has 0 spiro atoms. The smallest absolute Gasteiger partial charge is 0.217 e. The average molecular weight is 229 g/mol. The molecule has 0 saturated heterocycles. The van der Waals surface area contributed by atoms with Crippen LogP contribution in [0, 0.1) is 0 Å². The second-order valence-corrected chi connectivity index (χ2v) is 6.27. The van der Waals surface area contributed by atoms with Crippen LogP contribution in [0.15, 0.2) is 12.4 Å². The maximum Gasteiger partial charge on any atom is 0.217 e. The number of aromatic nitrogens is 2. The van der Waals surface area contributed by atoms with Gasteiger partial charge < -0.3 is 4.57 Å². The van der Waals surface area contributed by atoms with Crippen LogP contribution in [0.2, 0.25) is 0 Å². The van der Waals surface area contributed by atoms with Crippen molar-refractivity contribution in [1.82, 2.24) is 13.9 Å². The highest BCUT2D eigenvalue weighted by molar-refractivity contribution is 7.90. The van der Waals surface area contributed by atoms with E-state index < -0.39 is 10.0 Å². The number of imidazole rings is 1. The molecule has 1 aromatic heterocycles. The fourth-order valence-electron chi connectivity index (χ4n) is 1.46. The third-order valence-corrected chi connectivity index (χ3v) is 4.98. The van der Waals surface area contributed by atoms with Crippen LogP contribution in [0.25, 0.3) is 0 Å². The van der Waals surface area contributed by atoms with E-state index in [1.54, 1.807) is 13.2 Å². The summed E-state index contributed by atoms with van der Waals surface area (Å²) in [6.07, 6.45) is 5.08. The minimum atomic E-state index is -3.08. The monoisotopic (exact) mass is 229 g/mol.